The molecule has 8 heteroatoms. The monoisotopic (exact) mass is 431 g/mol. The summed E-state index contributed by atoms with van der Waals surface area (Å²) in [4.78, 5) is 38.6. The van der Waals surface area contributed by atoms with Crippen LogP contribution in [0.3, 0.4) is 0 Å². The first-order valence-corrected chi connectivity index (χ1v) is 9.71. The molecule has 1 saturated heterocycles. The van der Waals surface area contributed by atoms with Crippen LogP contribution in [0.2, 0.25) is 0 Å². The number of nitrogens with two attached hydrogens (primary N) is 1. The average Bonchev–Trinajstić information content (AvgIpc) is 2.74. The number of nitrogens with one attached hydrogen (secondary N) is 1. The van der Waals surface area contributed by atoms with Crippen molar-refractivity contribution in [1.29, 1.82) is 0 Å². The van der Waals surface area contributed by atoms with Crippen molar-refractivity contribution in [2.75, 3.05) is 30.7 Å². The second-order valence-corrected chi connectivity index (χ2v) is 6.94. The van der Waals surface area contributed by atoms with E-state index in [2.05, 4.69) is 5.32 Å². The van der Waals surface area contributed by atoms with Crippen molar-refractivity contribution in [3.05, 3.63) is 59.7 Å². The second-order valence-electron chi connectivity index (χ2n) is 6.94. The van der Waals surface area contributed by atoms with Gasteiger partial charge in [0.2, 0.25) is 0 Å². The number of esters is 1. The first kappa shape index (κ1) is 23.2. The topological polar surface area (TPSA) is 102 Å². The molecule has 0 radical (unpaired) electrons. The zero-order chi connectivity index (χ0) is 20.8. The van der Waals surface area contributed by atoms with Gasteiger partial charge in [-0.25, -0.2) is 0 Å². The van der Waals surface area contributed by atoms with Gasteiger partial charge in [0.1, 0.15) is 0 Å². The van der Waals surface area contributed by atoms with E-state index in [1.54, 1.807) is 60.4 Å². The van der Waals surface area contributed by atoms with Gasteiger partial charge >= 0.3 is 5.97 Å². The molecular weight excluding hydrogens is 406 g/mol. The third-order valence-corrected chi connectivity index (χ3v) is 5.00. The van der Waals surface area contributed by atoms with E-state index in [0.29, 0.717) is 55.0 Å². The van der Waals surface area contributed by atoms with Crippen molar-refractivity contribution >= 4 is 41.6 Å². The Morgan fingerprint density at radius 3 is 2.30 bits per heavy atom. The third-order valence-electron chi connectivity index (χ3n) is 5.00. The van der Waals surface area contributed by atoms with Gasteiger partial charge in [-0.1, -0.05) is 12.1 Å². The van der Waals surface area contributed by atoms with Crippen molar-refractivity contribution in [2.24, 2.45) is 5.92 Å². The quantitative estimate of drug-likeness (QED) is 0.558. The molecule has 1 aliphatic rings. The minimum Gasteiger partial charge on any atom is -0.466 e. The van der Waals surface area contributed by atoms with Crippen molar-refractivity contribution in [2.45, 2.75) is 19.8 Å². The van der Waals surface area contributed by atoms with Crippen LogP contribution in [0, 0.1) is 5.92 Å². The van der Waals surface area contributed by atoms with Crippen molar-refractivity contribution in [1.82, 2.24) is 4.90 Å². The van der Waals surface area contributed by atoms with Gasteiger partial charge in [0, 0.05) is 30.0 Å². The van der Waals surface area contributed by atoms with E-state index < -0.39 is 0 Å². The lowest BCUT2D eigenvalue weighted by molar-refractivity contribution is -0.149. The molecule has 2 aromatic rings. The molecule has 0 atom stereocenters. The van der Waals surface area contributed by atoms with Crippen LogP contribution in [-0.4, -0.2) is 42.4 Å². The zero-order valence-corrected chi connectivity index (χ0v) is 17.6. The number of nitrogens with zero attached hydrogens (tertiary/aromatic N) is 1. The lowest BCUT2D eigenvalue weighted by Gasteiger charge is -2.31. The van der Waals surface area contributed by atoms with E-state index in [4.69, 9.17) is 10.5 Å². The molecule has 1 heterocycles. The molecular formula is C22H26ClN3O4. The Morgan fingerprint density at radius 1 is 1.07 bits per heavy atom. The van der Waals surface area contributed by atoms with Crippen molar-refractivity contribution in [3.63, 3.8) is 0 Å². The van der Waals surface area contributed by atoms with E-state index in [9.17, 15) is 14.4 Å². The fourth-order valence-corrected chi connectivity index (χ4v) is 3.36. The first-order valence-electron chi connectivity index (χ1n) is 9.71. The van der Waals surface area contributed by atoms with E-state index in [0.717, 1.165) is 0 Å². The van der Waals surface area contributed by atoms with Gasteiger partial charge in [0.05, 0.1) is 18.1 Å². The number of carbonyl (C=O) groups excluding carboxylic acids is 3. The highest BCUT2D eigenvalue weighted by molar-refractivity contribution is 6.07. The molecule has 0 saturated carbocycles. The Hall–Kier alpha value is -3.06. The summed E-state index contributed by atoms with van der Waals surface area (Å²) in [6.07, 6.45) is 1.22. The highest BCUT2D eigenvalue weighted by atomic mass is 35.5. The number of hydrogen-bond donors (Lipinski definition) is 2. The van der Waals surface area contributed by atoms with Crippen LogP contribution in [0.5, 0.6) is 0 Å². The maximum atomic E-state index is 12.7. The molecule has 1 aliphatic heterocycles. The summed E-state index contributed by atoms with van der Waals surface area (Å²) in [6, 6.07) is 13.6. The fourth-order valence-electron chi connectivity index (χ4n) is 3.36. The molecule has 1 fully saturated rings. The number of rotatable bonds is 5. The minimum absolute atomic E-state index is 0. The van der Waals surface area contributed by atoms with Crippen molar-refractivity contribution in [3.8, 4) is 0 Å². The third kappa shape index (κ3) is 5.51. The number of piperidine rings is 1. The maximum Gasteiger partial charge on any atom is 0.309 e. The predicted octanol–water partition coefficient (Wildman–Crippen LogP) is 3.36. The molecule has 30 heavy (non-hydrogen) atoms. The number of para-hydroxylation sites is 1. The highest BCUT2D eigenvalue weighted by Crippen LogP contribution is 2.21. The summed E-state index contributed by atoms with van der Waals surface area (Å²) in [6.45, 7) is 3.21. The van der Waals surface area contributed by atoms with Crippen LogP contribution in [0.4, 0.5) is 11.4 Å². The molecule has 0 unspecified atom stereocenters. The number of ether oxygens (including phenoxy) is 1. The molecule has 3 rings (SSSR count). The minimum atomic E-state index is -0.303. The SMILES string of the molecule is CCOC(=O)C1CCN(C(=O)c2ccc(NC(=O)c3ccccc3N)cc2)CC1.Cl. The van der Waals surface area contributed by atoms with Crippen LogP contribution >= 0.6 is 12.4 Å². The lowest BCUT2D eigenvalue weighted by Crippen LogP contribution is -2.40. The number of carbonyl (C=O) groups is 3. The average molecular weight is 432 g/mol. The van der Waals surface area contributed by atoms with Gasteiger partial charge in [-0.15, -0.1) is 12.4 Å². The predicted molar refractivity (Wildman–Crippen MR) is 118 cm³/mol. The molecule has 0 spiro atoms. The molecule has 160 valence electrons. The number of nitrogen functional groups attached to an aromatic ring is 1. The number of amides is 2. The standard InChI is InChI=1S/C22H25N3O4.ClH/c1-2-29-22(28)16-11-13-25(14-12-16)21(27)15-7-9-17(10-8-15)24-20(26)18-5-3-4-6-19(18)23;/h3-10,16H,2,11-14,23H2,1H3,(H,24,26);1H. The Kier molecular flexibility index (Phi) is 8.24. The van der Waals surface area contributed by atoms with Gasteiger partial charge in [-0.2, -0.15) is 0 Å². The van der Waals surface area contributed by atoms with Gasteiger partial charge in [-0.3, -0.25) is 14.4 Å². The molecule has 3 N–H and O–H groups in total. The van der Waals surface area contributed by atoms with E-state index in [1.165, 1.54) is 0 Å². The van der Waals surface area contributed by atoms with E-state index in [1.807, 2.05) is 0 Å². The summed E-state index contributed by atoms with van der Waals surface area (Å²) in [7, 11) is 0. The fraction of sp³-hybridized carbons (Fsp3) is 0.318. The number of likely N-dealkylation sites (tertiary alicyclic amines) is 1. The zero-order valence-electron chi connectivity index (χ0n) is 16.8. The summed E-state index contributed by atoms with van der Waals surface area (Å²) in [5, 5.41) is 2.78. The summed E-state index contributed by atoms with van der Waals surface area (Å²) in [5.41, 5.74) is 7.75. The van der Waals surface area contributed by atoms with Crippen LogP contribution in [0.15, 0.2) is 48.5 Å². The maximum absolute atomic E-state index is 12.7. The van der Waals surface area contributed by atoms with Crippen LogP contribution in [-0.2, 0) is 9.53 Å². The first-order chi connectivity index (χ1) is 14.0. The molecule has 2 aromatic carbocycles. The Balaban J connectivity index is 0.00000320. The van der Waals surface area contributed by atoms with Crippen LogP contribution in [0.25, 0.3) is 0 Å². The highest BCUT2D eigenvalue weighted by Gasteiger charge is 2.28. The molecule has 0 bridgehead atoms. The Bertz CT molecular complexity index is 894. The van der Waals surface area contributed by atoms with Crippen molar-refractivity contribution < 1.29 is 19.1 Å². The van der Waals surface area contributed by atoms with Gasteiger partial charge in [0.15, 0.2) is 0 Å². The number of halogens is 1. The molecule has 2 amide bonds. The summed E-state index contributed by atoms with van der Waals surface area (Å²) in [5.74, 6) is -0.707. The number of anilines is 2. The van der Waals surface area contributed by atoms with Gasteiger partial charge in [-0.05, 0) is 56.2 Å². The normalized spacial score (nSPS) is 13.8. The van der Waals surface area contributed by atoms with Crippen LogP contribution < -0.4 is 11.1 Å². The number of benzene rings is 2. The Labute approximate surface area is 182 Å². The van der Waals surface area contributed by atoms with E-state index >= 15 is 0 Å². The number of hydrogen-bond acceptors (Lipinski definition) is 5. The largest absolute Gasteiger partial charge is 0.466 e. The smallest absolute Gasteiger partial charge is 0.309 e. The molecule has 0 aromatic heterocycles. The second kappa shape index (κ2) is 10.6. The Morgan fingerprint density at radius 2 is 1.70 bits per heavy atom. The lowest BCUT2D eigenvalue weighted by atomic mass is 9.96. The summed E-state index contributed by atoms with van der Waals surface area (Å²) >= 11 is 0. The van der Waals surface area contributed by atoms with Gasteiger partial charge < -0.3 is 20.7 Å². The van der Waals surface area contributed by atoms with Crippen LogP contribution in [0.1, 0.15) is 40.5 Å². The van der Waals surface area contributed by atoms with E-state index in [-0.39, 0.29) is 36.1 Å². The summed E-state index contributed by atoms with van der Waals surface area (Å²) < 4.78 is 5.06. The molecule has 7 nitrogen and oxygen atoms in total. The molecule has 0 aliphatic carbocycles. The van der Waals surface area contributed by atoms with Gasteiger partial charge in [0.25, 0.3) is 11.8 Å².